The third kappa shape index (κ3) is 6.24. The molecule has 0 bridgehead atoms. The molecular weight excluding hydrogens is 505 g/mol. The van der Waals surface area contributed by atoms with E-state index in [0.29, 0.717) is 0 Å². The van der Waals surface area contributed by atoms with E-state index < -0.39 is 44.4 Å². The Bertz CT molecular complexity index is 984. The molecule has 0 aliphatic carbocycles. The number of hydrogen-bond acceptors (Lipinski definition) is 6. The fourth-order valence-corrected chi connectivity index (χ4v) is 2.65. The number of rotatable bonds is 5. The molecule has 0 saturated carbocycles. The lowest BCUT2D eigenvalue weighted by atomic mass is 10.1. The topological polar surface area (TPSA) is 120 Å². The molecule has 13 heteroatoms. The summed E-state index contributed by atoms with van der Waals surface area (Å²) in [6, 6.07) is 3.19. The smallest absolute Gasteiger partial charge is 0.288 e. The quantitative estimate of drug-likeness (QED) is 0.223. The van der Waals surface area contributed by atoms with E-state index in [2.05, 4.69) is 15.9 Å². The van der Waals surface area contributed by atoms with E-state index >= 15 is 0 Å². The Morgan fingerprint density at radius 2 is 1.31 bits per heavy atom. The minimum absolute atomic E-state index is 0.108. The lowest BCUT2D eigenvalue weighted by Gasteiger charge is -2.01. The van der Waals surface area contributed by atoms with Gasteiger partial charge in [0.1, 0.15) is 21.7 Å². The maximum absolute atomic E-state index is 13.2. The second-order valence-electron chi connectivity index (χ2n) is 5.19. The largest absolute Gasteiger partial charge is 0.294 e. The number of carbonyl (C=O) groups excluding carboxylic acids is 2. The number of nitro groups is 2. The van der Waals surface area contributed by atoms with E-state index in [4.69, 9.17) is 23.2 Å². The van der Waals surface area contributed by atoms with Crippen LogP contribution in [0.15, 0.2) is 24.3 Å². The van der Waals surface area contributed by atoms with E-state index in [-0.39, 0.29) is 26.5 Å². The molecule has 2 aromatic rings. The van der Waals surface area contributed by atoms with Gasteiger partial charge in [0.2, 0.25) is 0 Å². The first-order valence-corrected chi connectivity index (χ1v) is 9.15. The maximum Gasteiger partial charge on any atom is 0.288 e. The zero-order valence-electron chi connectivity index (χ0n) is 14.3. The van der Waals surface area contributed by atoms with E-state index in [9.17, 15) is 38.6 Å². The highest BCUT2D eigenvalue weighted by Crippen LogP contribution is 2.28. The highest BCUT2D eigenvalue weighted by atomic mass is 79.9. The highest BCUT2D eigenvalue weighted by Gasteiger charge is 2.20. The Balaban J connectivity index is 0.000000291. The SMILES string of the molecule is CC(=O)c1cc([N+](=O)[O-])c(Cl)cc1F.O=C(CBr)c1cc([N+](=O)[O-])c(Cl)cc1F. The van der Waals surface area contributed by atoms with Crippen molar-refractivity contribution >= 4 is 62.1 Å². The Morgan fingerprint density at radius 3 is 1.66 bits per heavy atom. The number of carbonyl (C=O) groups is 2. The van der Waals surface area contributed by atoms with E-state index in [0.717, 1.165) is 31.2 Å². The second kappa shape index (κ2) is 10.3. The van der Waals surface area contributed by atoms with Crippen molar-refractivity contribution in [3.8, 4) is 0 Å². The van der Waals surface area contributed by atoms with Crippen molar-refractivity contribution in [2.45, 2.75) is 6.92 Å². The molecule has 0 fully saturated rings. The van der Waals surface area contributed by atoms with Crippen molar-refractivity contribution in [3.63, 3.8) is 0 Å². The van der Waals surface area contributed by atoms with E-state index in [1.165, 1.54) is 0 Å². The minimum Gasteiger partial charge on any atom is -0.294 e. The summed E-state index contributed by atoms with van der Waals surface area (Å²) in [5.74, 6) is -2.88. The maximum atomic E-state index is 13.2. The highest BCUT2D eigenvalue weighted by molar-refractivity contribution is 9.09. The molecule has 0 aromatic heterocycles. The summed E-state index contributed by atoms with van der Waals surface area (Å²) in [5.41, 5.74) is -1.63. The van der Waals surface area contributed by atoms with Crippen LogP contribution in [-0.2, 0) is 0 Å². The normalized spacial score (nSPS) is 10.0. The lowest BCUT2D eigenvalue weighted by molar-refractivity contribution is -0.384. The number of hydrogen-bond donors (Lipinski definition) is 0. The summed E-state index contributed by atoms with van der Waals surface area (Å²) in [6.45, 7) is 1.12. The molecule has 0 aliphatic heterocycles. The van der Waals surface area contributed by atoms with Crippen molar-refractivity contribution < 1.29 is 28.2 Å². The van der Waals surface area contributed by atoms with Gasteiger partial charge in [-0.3, -0.25) is 29.8 Å². The zero-order chi connectivity index (χ0) is 22.5. The van der Waals surface area contributed by atoms with Crippen LogP contribution in [0.25, 0.3) is 0 Å². The molecule has 154 valence electrons. The van der Waals surface area contributed by atoms with Gasteiger partial charge in [-0.15, -0.1) is 0 Å². The van der Waals surface area contributed by atoms with Gasteiger partial charge in [0.25, 0.3) is 11.4 Å². The van der Waals surface area contributed by atoms with Crippen LogP contribution in [0.1, 0.15) is 27.6 Å². The molecule has 0 aliphatic rings. The third-order valence-corrected chi connectivity index (χ3v) is 4.38. The molecule has 0 saturated heterocycles. The van der Waals surface area contributed by atoms with Gasteiger partial charge in [-0.2, -0.15) is 0 Å². The van der Waals surface area contributed by atoms with Crippen molar-refractivity contribution in [1.82, 2.24) is 0 Å². The van der Waals surface area contributed by atoms with Crippen molar-refractivity contribution in [1.29, 1.82) is 0 Å². The van der Waals surface area contributed by atoms with Crippen LogP contribution in [0.4, 0.5) is 20.2 Å². The predicted molar refractivity (Wildman–Crippen MR) is 104 cm³/mol. The van der Waals surface area contributed by atoms with Gasteiger partial charge >= 0.3 is 0 Å². The molecule has 0 atom stereocenters. The summed E-state index contributed by atoms with van der Waals surface area (Å²) in [5, 5.41) is 20.1. The molecule has 0 N–H and O–H groups in total. The molecular formula is C16H9BrCl2F2N2O6. The van der Waals surface area contributed by atoms with Gasteiger partial charge in [-0.05, 0) is 6.92 Å². The van der Waals surface area contributed by atoms with Gasteiger partial charge in [0, 0.05) is 24.3 Å². The van der Waals surface area contributed by atoms with Gasteiger partial charge in [-0.1, -0.05) is 39.1 Å². The number of ketones is 2. The number of nitro benzene ring substituents is 2. The summed E-state index contributed by atoms with van der Waals surface area (Å²) < 4.78 is 26.2. The molecule has 0 radical (unpaired) electrons. The summed E-state index contributed by atoms with van der Waals surface area (Å²) >= 11 is 13.7. The molecule has 0 spiro atoms. The average Bonchev–Trinajstić information content (AvgIpc) is 2.60. The molecule has 8 nitrogen and oxygen atoms in total. The van der Waals surface area contributed by atoms with Crippen LogP contribution in [-0.4, -0.2) is 26.7 Å². The Labute approximate surface area is 179 Å². The van der Waals surface area contributed by atoms with Gasteiger partial charge in [0.05, 0.1) is 26.3 Å². The van der Waals surface area contributed by atoms with Crippen LogP contribution in [0.3, 0.4) is 0 Å². The fourth-order valence-electron chi connectivity index (χ4n) is 1.91. The first-order valence-electron chi connectivity index (χ1n) is 7.27. The Hall–Kier alpha value is -2.50. The molecule has 2 aromatic carbocycles. The number of Topliss-reactive ketones (excluding diaryl/α,β-unsaturated/α-hetero) is 2. The third-order valence-electron chi connectivity index (χ3n) is 3.27. The van der Waals surface area contributed by atoms with Crippen LogP contribution in [0, 0.1) is 31.9 Å². The van der Waals surface area contributed by atoms with Crippen LogP contribution in [0.5, 0.6) is 0 Å². The van der Waals surface area contributed by atoms with Crippen molar-refractivity contribution in [2.24, 2.45) is 0 Å². The summed E-state index contributed by atoms with van der Waals surface area (Å²) in [4.78, 5) is 41.3. The Kier molecular flexibility index (Phi) is 8.74. The predicted octanol–water partition coefficient (Wildman–Crippen LogP) is 5.55. The lowest BCUT2D eigenvalue weighted by Crippen LogP contribution is -2.05. The fraction of sp³-hybridized carbons (Fsp3) is 0.125. The monoisotopic (exact) mass is 512 g/mol. The van der Waals surface area contributed by atoms with Crippen LogP contribution >= 0.6 is 39.1 Å². The zero-order valence-corrected chi connectivity index (χ0v) is 17.3. The molecule has 2 rings (SSSR count). The first-order chi connectivity index (χ1) is 13.4. The van der Waals surface area contributed by atoms with Gasteiger partial charge in [-0.25, -0.2) is 8.78 Å². The van der Waals surface area contributed by atoms with Gasteiger partial charge in [0.15, 0.2) is 11.6 Å². The van der Waals surface area contributed by atoms with E-state index in [1.807, 2.05) is 0 Å². The number of nitrogens with zero attached hydrogens (tertiary/aromatic N) is 2. The molecule has 0 amide bonds. The standard InChI is InChI=1S/C8H4BrClFNO3.C8H5ClFNO3/c9-3-8(13)4-1-7(12(14)15)5(10)2-6(4)11;1-4(12)5-2-8(11(13)14)6(9)3-7(5)10/h1-2H,3H2;2-3H,1H3. The number of benzene rings is 2. The van der Waals surface area contributed by atoms with Gasteiger partial charge < -0.3 is 0 Å². The second-order valence-corrected chi connectivity index (χ2v) is 6.57. The summed E-state index contributed by atoms with van der Waals surface area (Å²) in [7, 11) is 0. The average molecular weight is 514 g/mol. The van der Waals surface area contributed by atoms with Crippen molar-refractivity contribution in [2.75, 3.05) is 5.33 Å². The number of halogens is 5. The van der Waals surface area contributed by atoms with Crippen LogP contribution in [0.2, 0.25) is 10.0 Å². The minimum atomic E-state index is -0.866. The molecule has 0 unspecified atom stereocenters. The Morgan fingerprint density at radius 1 is 0.931 bits per heavy atom. The van der Waals surface area contributed by atoms with Crippen LogP contribution < -0.4 is 0 Å². The van der Waals surface area contributed by atoms with Crippen molar-refractivity contribution in [3.05, 3.63) is 77.3 Å². The summed E-state index contributed by atoms with van der Waals surface area (Å²) in [6.07, 6.45) is 0. The molecule has 29 heavy (non-hydrogen) atoms. The first kappa shape index (κ1) is 24.5. The molecule has 0 heterocycles. The number of alkyl halides is 1. The van der Waals surface area contributed by atoms with E-state index in [1.54, 1.807) is 0 Å².